The number of rotatable bonds is 6. The molecular formula is C22H28N6O2S2. The van der Waals surface area contributed by atoms with Crippen LogP contribution in [0.15, 0.2) is 28.3 Å². The SMILES string of the molecule is CCSc1nnc(-c2nn(C)c3c2CN(S(=O)(=O)c2ccc4c(c2)CCC4)CC3)n1CC. The monoisotopic (exact) mass is 472 g/mol. The first kappa shape index (κ1) is 21.7. The Morgan fingerprint density at radius 2 is 1.91 bits per heavy atom. The molecule has 3 aromatic rings. The third-order valence-electron chi connectivity index (χ3n) is 6.43. The summed E-state index contributed by atoms with van der Waals surface area (Å²) in [5.74, 6) is 1.61. The van der Waals surface area contributed by atoms with Crippen LogP contribution in [0, 0.1) is 0 Å². The zero-order chi connectivity index (χ0) is 22.5. The van der Waals surface area contributed by atoms with Crippen molar-refractivity contribution in [1.82, 2.24) is 28.9 Å². The molecule has 0 spiro atoms. The molecule has 0 N–H and O–H groups in total. The molecule has 5 rings (SSSR count). The van der Waals surface area contributed by atoms with Crippen molar-refractivity contribution in [3.05, 3.63) is 40.6 Å². The van der Waals surface area contributed by atoms with Crippen molar-refractivity contribution >= 4 is 21.8 Å². The van der Waals surface area contributed by atoms with Crippen molar-refractivity contribution in [2.45, 2.75) is 62.7 Å². The average Bonchev–Trinajstić information content (AvgIpc) is 3.50. The Kier molecular flexibility index (Phi) is 5.63. The van der Waals surface area contributed by atoms with Crippen LogP contribution in [0.4, 0.5) is 0 Å². The molecule has 0 unspecified atom stereocenters. The molecule has 1 aliphatic heterocycles. The van der Waals surface area contributed by atoms with Crippen LogP contribution >= 0.6 is 11.8 Å². The standard InChI is InChI=1S/C22H28N6O2S2/c1-4-28-21(23-24-22(28)31-5-2)20-18-14-27(12-11-19(18)26(3)25-20)32(29,30)17-10-9-15-7-6-8-16(15)13-17/h9-10,13H,4-8,11-12,14H2,1-3H3. The van der Waals surface area contributed by atoms with Gasteiger partial charge in [0.25, 0.3) is 0 Å². The highest BCUT2D eigenvalue weighted by atomic mass is 32.2. The topological polar surface area (TPSA) is 85.9 Å². The highest BCUT2D eigenvalue weighted by Gasteiger charge is 2.34. The van der Waals surface area contributed by atoms with Crippen molar-refractivity contribution in [2.75, 3.05) is 12.3 Å². The van der Waals surface area contributed by atoms with E-state index in [1.807, 2.05) is 23.9 Å². The van der Waals surface area contributed by atoms with Crippen molar-refractivity contribution in [2.24, 2.45) is 7.05 Å². The minimum absolute atomic E-state index is 0.296. The summed E-state index contributed by atoms with van der Waals surface area (Å²) in [6.07, 6.45) is 3.72. The van der Waals surface area contributed by atoms with Crippen LogP contribution < -0.4 is 0 Å². The molecule has 10 heteroatoms. The van der Waals surface area contributed by atoms with E-state index in [0.717, 1.165) is 53.7 Å². The first-order valence-electron chi connectivity index (χ1n) is 11.2. The number of thioether (sulfide) groups is 1. The van der Waals surface area contributed by atoms with E-state index in [4.69, 9.17) is 5.10 Å². The van der Waals surface area contributed by atoms with Crippen LogP contribution in [-0.2, 0) is 49.4 Å². The molecular weight excluding hydrogens is 444 g/mol. The molecule has 0 saturated carbocycles. The lowest BCUT2D eigenvalue weighted by Gasteiger charge is -2.27. The van der Waals surface area contributed by atoms with E-state index in [2.05, 4.69) is 28.6 Å². The Morgan fingerprint density at radius 3 is 2.69 bits per heavy atom. The molecule has 0 saturated heterocycles. The highest BCUT2D eigenvalue weighted by molar-refractivity contribution is 7.99. The van der Waals surface area contributed by atoms with Gasteiger partial charge < -0.3 is 4.57 Å². The van der Waals surface area contributed by atoms with Crippen molar-refractivity contribution < 1.29 is 8.42 Å². The first-order chi connectivity index (χ1) is 15.4. The van der Waals surface area contributed by atoms with Crippen molar-refractivity contribution in [3.63, 3.8) is 0 Å². The van der Waals surface area contributed by atoms with E-state index in [-0.39, 0.29) is 0 Å². The quantitative estimate of drug-likeness (QED) is 0.513. The van der Waals surface area contributed by atoms with Crippen LogP contribution in [0.2, 0.25) is 0 Å². The second kappa shape index (κ2) is 8.31. The normalized spacial score (nSPS) is 16.3. The predicted octanol–water partition coefficient (Wildman–Crippen LogP) is 3.05. The largest absolute Gasteiger partial charge is 0.301 e. The van der Waals surface area contributed by atoms with Crippen LogP contribution in [0.1, 0.15) is 42.7 Å². The van der Waals surface area contributed by atoms with Gasteiger partial charge >= 0.3 is 0 Å². The third-order valence-corrected chi connectivity index (χ3v) is 9.12. The number of hydrogen-bond donors (Lipinski definition) is 0. The fraction of sp³-hybridized carbons (Fsp3) is 0.500. The molecule has 170 valence electrons. The van der Waals surface area contributed by atoms with Gasteiger partial charge in [-0.25, -0.2) is 8.42 Å². The zero-order valence-electron chi connectivity index (χ0n) is 18.7. The Balaban J connectivity index is 1.52. The fourth-order valence-corrected chi connectivity index (χ4v) is 6.98. The number of sulfonamides is 1. The summed E-state index contributed by atoms with van der Waals surface area (Å²) in [7, 11) is -1.67. The number of benzene rings is 1. The lowest BCUT2D eigenvalue weighted by Crippen LogP contribution is -2.36. The number of fused-ring (bicyclic) bond motifs is 2. The molecule has 2 aliphatic rings. The molecule has 0 radical (unpaired) electrons. The van der Waals surface area contributed by atoms with Gasteiger partial charge in [-0.1, -0.05) is 24.8 Å². The van der Waals surface area contributed by atoms with Gasteiger partial charge in [0.1, 0.15) is 5.69 Å². The van der Waals surface area contributed by atoms with E-state index >= 15 is 0 Å². The number of aryl methyl sites for hydroxylation is 3. The maximum absolute atomic E-state index is 13.5. The molecule has 2 aromatic heterocycles. The molecule has 8 nitrogen and oxygen atoms in total. The summed E-state index contributed by atoms with van der Waals surface area (Å²) in [5.41, 5.74) is 5.17. The highest BCUT2D eigenvalue weighted by Crippen LogP contribution is 2.33. The van der Waals surface area contributed by atoms with Crippen molar-refractivity contribution in [1.29, 1.82) is 0 Å². The summed E-state index contributed by atoms with van der Waals surface area (Å²) in [6, 6.07) is 5.62. The van der Waals surface area contributed by atoms with Gasteiger partial charge in [-0.15, -0.1) is 10.2 Å². The second-order valence-corrected chi connectivity index (χ2v) is 11.4. The molecule has 1 aromatic carbocycles. The lowest BCUT2D eigenvalue weighted by molar-refractivity contribution is 0.386. The summed E-state index contributed by atoms with van der Waals surface area (Å²) in [4.78, 5) is 0.394. The molecule has 0 amide bonds. The smallest absolute Gasteiger partial charge is 0.243 e. The van der Waals surface area contributed by atoms with E-state index in [0.29, 0.717) is 30.2 Å². The maximum atomic E-state index is 13.5. The first-order valence-corrected chi connectivity index (χ1v) is 13.6. The minimum Gasteiger partial charge on any atom is -0.301 e. The summed E-state index contributed by atoms with van der Waals surface area (Å²) < 4.78 is 32.6. The molecule has 1 aliphatic carbocycles. The van der Waals surface area contributed by atoms with Gasteiger partial charge in [0.05, 0.1) is 4.90 Å². The Labute approximate surface area is 193 Å². The molecule has 32 heavy (non-hydrogen) atoms. The second-order valence-electron chi connectivity index (χ2n) is 8.25. The summed E-state index contributed by atoms with van der Waals surface area (Å²) >= 11 is 1.65. The van der Waals surface area contributed by atoms with Crippen molar-refractivity contribution in [3.8, 4) is 11.5 Å². The van der Waals surface area contributed by atoms with Crippen LogP contribution in [-0.4, -0.2) is 49.6 Å². The fourth-order valence-electron chi connectivity index (χ4n) is 4.79. The number of aromatic nitrogens is 5. The van der Waals surface area contributed by atoms with E-state index in [9.17, 15) is 8.42 Å². The van der Waals surface area contributed by atoms with Gasteiger partial charge in [-0.2, -0.15) is 9.40 Å². The average molecular weight is 473 g/mol. The molecule has 0 bridgehead atoms. The van der Waals surface area contributed by atoms with E-state index in [1.54, 1.807) is 22.1 Å². The predicted molar refractivity (Wildman–Crippen MR) is 124 cm³/mol. The lowest BCUT2D eigenvalue weighted by atomic mass is 10.1. The molecule has 0 fully saturated rings. The van der Waals surface area contributed by atoms with Crippen LogP contribution in [0.5, 0.6) is 0 Å². The Hall–Kier alpha value is -2.17. The van der Waals surface area contributed by atoms with E-state index < -0.39 is 10.0 Å². The van der Waals surface area contributed by atoms with Crippen LogP contribution in [0.25, 0.3) is 11.5 Å². The Bertz CT molecular complexity index is 1280. The van der Waals surface area contributed by atoms with Gasteiger partial charge in [-0.05, 0) is 55.2 Å². The number of nitrogens with zero attached hydrogens (tertiary/aromatic N) is 6. The summed E-state index contributed by atoms with van der Waals surface area (Å²) in [6.45, 7) is 5.62. The van der Waals surface area contributed by atoms with Gasteiger partial charge in [-0.3, -0.25) is 4.68 Å². The van der Waals surface area contributed by atoms with Gasteiger partial charge in [0.2, 0.25) is 10.0 Å². The van der Waals surface area contributed by atoms with Gasteiger partial charge in [0, 0.05) is 44.4 Å². The molecule has 3 heterocycles. The minimum atomic E-state index is -3.59. The van der Waals surface area contributed by atoms with E-state index in [1.165, 1.54) is 11.1 Å². The number of hydrogen-bond acceptors (Lipinski definition) is 6. The maximum Gasteiger partial charge on any atom is 0.243 e. The van der Waals surface area contributed by atoms with Crippen LogP contribution in [0.3, 0.4) is 0 Å². The zero-order valence-corrected chi connectivity index (χ0v) is 20.3. The Morgan fingerprint density at radius 1 is 1.09 bits per heavy atom. The van der Waals surface area contributed by atoms with Gasteiger partial charge in [0.15, 0.2) is 11.0 Å². The third kappa shape index (κ3) is 3.48. The summed E-state index contributed by atoms with van der Waals surface area (Å²) in [5, 5.41) is 14.4. The molecule has 0 atom stereocenters.